The Balaban J connectivity index is 1.52. The lowest BCUT2D eigenvalue weighted by Crippen LogP contribution is -2.32. The molecule has 1 aromatic heterocycles. The van der Waals surface area contributed by atoms with Gasteiger partial charge in [0, 0.05) is 42.0 Å². The van der Waals surface area contributed by atoms with Crippen LogP contribution < -0.4 is 10.0 Å². The molecule has 1 aliphatic rings. The first-order valence-electron chi connectivity index (χ1n) is 11.8. The highest BCUT2D eigenvalue weighted by atomic mass is 32.2. The van der Waals surface area contributed by atoms with Crippen molar-refractivity contribution in [2.24, 2.45) is 0 Å². The van der Waals surface area contributed by atoms with E-state index in [1.54, 1.807) is 30.3 Å². The third-order valence-electron chi connectivity index (χ3n) is 5.83. The number of ether oxygens (including phenoxy) is 2. The van der Waals surface area contributed by atoms with Crippen LogP contribution in [-0.4, -0.2) is 33.9 Å². The minimum absolute atomic E-state index is 0.0476. The SMILES string of the molecule is O=C(O)CCC(=O)Nc1cccc(C2OC(CSc3cccc[n+]3[O-])CC(c3ccc(CO)cc3)O2)c1. The molecule has 3 aromatic rings. The average Bonchev–Trinajstić information content (AvgIpc) is 2.91. The maximum atomic E-state index is 12.1. The summed E-state index contributed by atoms with van der Waals surface area (Å²) in [5.41, 5.74) is 2.95. The number of aliphatic hydroxyl groups excluding tert-OH is 1. The van der Waals surface area contributed by atoms with Crippen LogP contribution in [0.15, 0.2) is 78.0 Å². The second kappa shape index (κ2) is 12.7. The van der Waals surface area contributed by atoms with Crippen LogP contribution in [0.1, 0.15) is 48.3 Å². The Morgan fingerprint density at radius 1 is 1.03 bits per heavy atom. The Morgan fingerprint density at radius 2 is 1.84 bits per heavy atom. The Morgan fingerprint density at radius 3 is 2.57 bits per heavy atom. The Kier molecular flexibility index (Phi) is 9.13. The number of hydrogen-bond acceptors (Lipinski definition) is 7. The number of benzene rings is 2. The van der Waals surface area contributed by atoms with E-state index in [9.17, 15) is 19.9 Å². The number of carboxylic acid groups (broad SMARTS) is 1. The molecule has 0 aliphatic carbocycles. The predicted molar refractivity (Wildman–Crippen MR) is 136 cm³/mol. The number of anilines is 1. The van der Waals surface area contributed by atoms with Crippen molar-refractivity contribution in [1.29, 1.82) is 0 Å². The van der Waals surface area contributed by atoms with Gasteiger partial charge in [0.25, 0.3) is 5.03 Å². The number of nitrogens with zero attached hydrogens (tertiary/aromatic N) is 1. The van der Waals surface area contributed by atoms with Gasteiger partial charge in [0.15, 0.2) is 12.5 Å². The van der Waals surface area contributed by atoms with Gasteiger partial charge in [-0.05, 0) is 29.3 Å². The normalized spacial score (nSPS) is 19.3. The molecule has 3 N–H and O–H groups in total. The molecule has 0 bridgehead atoms. The molecule has 10 heteroatoms. The summed E-state index contributed by atoms with van der Waals surface area (Å²) < 4.78 is 13.4. The molecule has 3 atom stereocenters. The van der Waals surface area contributed by atoms with Crippen molar-refractivity contribution in [1.82, 2.24) is 0 Å². The van der Waals surface area contributed by atoms with E-state index in [2.05, 4.69) is 5.32 Å². The van der Waals surface area contributed by atoms with Gasteiger partial charge in [-0.2, -0.15) is 4.73 Å². The first kappa shape index (κ1) is 26.6. The van der Waals surface area contributed by atoms with Crippen LogP contribution in [0.5, 0.6) is 0 Å². The number of carboxylic acids is 1. The van der Waals surface area contributed by atoms with Crippen molar-refractivity contribution in [2.75, 3.05) is 11.1 Å². The fourth-order valence-electron chi connectivity index (χ4n) is 3.93. The molecule has 1 amide bonds. The van der Waals surface area contributed by atoms with Crippen LogP contribution >= 0.6 is 11.8 Å². The lowest BCUT2D eigenvalue weighted by Gasteiger charge is -2.36. The van der Waals surface area contributed by atoms with Crippen LogP contribution in [0.4, 0.5) is 5.69 Å². The highest BCUT2D eigenvalue weighted by molar-refractivity contribution is 7.99. The molecule has 194 valence electrons. The number of carbonyl (C=O) groups is 2. The fraction of sp³-hybridized carbons (Fsp3) is 0.296. The summed E-state index contributed by atoms with van der Waals surface area (Å²) in [6, 6.07) is 19.9. The van der Waals surface area contributed by atoms with E-state index in [4.69, 9.17) is 14.6 Å². The quantitative estimate of drug-likeness (QED) is 0.206. The van der Waals surface area contributed by atoms with Gasteiger partial charge >= 0.3 is 5.97 Å². The smallest absolute Gasteiger partial charge is 0.303 e. The maximum absolute atomic E-state index is 12.1. The highest BCUT2D eigenvalue weighted by Gasteiger charge is 2.33. The van der Waals surface area contributed by atoms with Crippen molar-refractivity contribution in [3.63, 3.8) is 0 Å². The fourth-order valence-corrected chi connectivity index (χ4v) is 4.87. The van der Waals surface area contributed by atoms with Crippen LogP contribution in [0.2, 0.25) is 0 Å². The molecule has 1 saturated heterocycles. The summed E-state index contributed by atoms with van der Waals surface area (Å²) in [4.78, 5) is 22.9. The second-order valence-corrected chi connectivity index (χ2v) is 9.63. The molecule has 1 aliphatic heterocycles. The lowest BCUT2D eigenvalue weighted by atomic mass is 10.0. The van der Waals surface area contributed by atoms with Crippen molar-refractivity contribution >= 4 is 29.3 Å². The molecule has 2 heterocycles. The van der Waals surface area contributed by atoms with Gasteiger partial charge in [-0.25, -0.2) is 0 Å². The molecule has 2 aromatic carbocycles. The third kappa shape index (κ3) is 7.53. The van der Waals surface area contributed by atoms with Crippen LogP contribution in [0.3, 0.4) is 0 Å². The van der Waals surface area contributed by atoms with Gasteiger partial charge in [-0.15, -0.1) is 0 Å². The Hall–Kier alpha value is -3.44. The Bertz CT molecular complexity index is 1220. The number of pyridine rings is 1. The van der Waals surface area contributed by atoms with E-state index < -0.39 is 18.2 Å². The molecule has 3 unspecified atom stereocenters. The summed E-state index contributed by atoms with van der Waals surface area (Å²) in [7, 11) is 0. The van der Waals surface area contributed by atoms with Gasteiger partial charge < -0.3 is 30.2 Å². The number of amides is 1. The molecule has 0 spiro atoms. The maximum Gasteiger partial charge on any atom is 0.303 e. The minimum atomic E-state index is -1.03. The molecule has 1 fully saturated rings. The van der Waals surface area contributed by atoms with Gasteiger partial charge in [0.2, 0.25) is 5.91 Å². The van der Waals surface area contributed by atoms with Crippen molar-refractivity contribution in [3.8, 4) is 0 Å². The second-order valence-electron chi connectivity index (χ2n) is 8.59. The summed E-state index contributed by atoms with van der Waals surface area (Å²) >= 11 is 1.41. The number of thioether (sulfide) groups is 1. The number of hydrogen-bond donors (Lipinski definition) is 3. The first-order valence-corrected chi connectivity index (χ1v) is 12.8. The summed E-state index contributed by atoms with van der Waals surface area (Å²) in [5, 5.41) is 33.5. The van der Waals surface area contributed by atoms with Crippen LogP contribution in [0, 0.1) is 5.21 Å². The Labute approximate surface area is 218 Å². The highest BCUT2D eigenvalue weighted by Crippen LogP contribution is 2.39. The average molecular weight is 525 g/mol. The number of nitrogens with one attached hydrogen (secondary N) is 1. The summed E-state index contributed by atoms with van der Waals surface area (Å²) in [6.45, 7) is -0.0476. The van der Waals surface area contributed by atoms with Gasteiger partial charge in [0.1, 0.15) is 0 Å². The number of aliphatic carboxylic acids is 1. The standard InChI is InChI=1S/C27H28N2O7S/c30-16-18-7-9-19(10-8-18)23-15-22(17-37-25-6-1-2-13-29(25)34)35-27(36-23)20-4-3-5-21(14-20)28-24(31)11-12-26(32)33/h1-10,13-14,22-23,27,30H,11-12,15-17H2,(H,28,31)(H,32,33). The molecule has 0 saturated carbocycles. The first-order chi connectivity index (χ1) is 17.9. The number of carbonyl (C=O) groups excluding carboxylic acids is 1. The van der Waals surface area contributed by atoms with E-state index in [0.717, 1.165) is 15.9 Å². The topological polar surface area (TPSA) is 132 Å². The van der Waals surface area contributed by atoms with Gasteiger partial charge in [0.05, 0.1) is 25.2 Å². The van der Waals surface area contributed by atoms with Crippen molar-refractivity contribution < 1.29 is 34.0 Å². The monoisotopic (exact) mass is 524 g/mol. The lowest BCUT2D eigenvalue weighted by molar-refractivity contribution is -0.645. The molecule has 4 rings (SSSR count). The largest absolute Gasteiger partial charge is 0.618 e. The van der Waals surface area contributed by atoms with E-state index >= 15 is 0 Å². The number of aromatic nitrogens is 1. The summed E-state index contributed by atoms with van der Waals surface area (Å²) in [5.74, 6) is -0.897. The number of rotatable bonds is 10. The van der Waals surface area contributed by atoms with Crippen molar-refractivity contribution in [3.05, 3.63) is 94.8 Å². The minimum Gasteiger partial charge on any atom is -0.618 e. The molecule has 9 nitrogen and oxygen atoms in total. The zero-order valence-corrected chi connectivity index (χ0v) is 20.8. The third-order valence-corrected chi connectivity index (χ3v) is 6.98. The summed E-state index contributed by atoms with van der Waals surface area (Å²) in [6.07, 6.45) is 0.396. The number of aliphatic hydroxyl groups is 1. The molecular formula is C27H28N2O7S. The zero-order chi connectivity index (χ0) is 26.2. The van der Waals surface area contributed by atoms with E-state index in [0.29, 0.717) is 28.5 Å². The van der Waals surface area contributed by atoms with E-state index in [-0.39, 0.29) is 31.7 Å². The predicted octanol–water partition coefficient (Wildman–Crippen LogP) is 3.95. The van der Waals surface area contributed by atoms with E-state index in [1.165, 1.54) is 18.0 Å². The molecule has 0 radical (unpaired) electrons. The zero-order valence-electron chi connectivity index (χ0n) is 20.0. The van der Waals surface area contributed by atoms with E-state index in [1.807, 2.05) is 36.4 Å². The van der Waals surface area contributed by atoms with Gasteiger partial charge in [-0.3, -0.25) is 9.59 Å². The van der Waals surface area contributed by atoms with Crippen molar-refractivity contribution in [2.45, 2.75) is 49.4 Å². The van der Waals surface area contributed by atoms with Gasteiger partial charge in [-0.1, -0.05) is 48.2 Å². The molecular weight excluding hydrogens is 496 g/mol. The molecule has 37 heavy (non-hydrogen) atoms. The van der Waals surface area contributed by atoms with Crippen LogP contribution in [-0.2, 0) is 25.7 Å². The van der Waals surface area contributed by atoms with Crippen LogP contribution in [0.25, 0.3) is 0 Å².